The molecular formula is C14H18N4. The summed E-state index contributed by atoms with van der Waals surface area (Å²) in [5, 5.41) is 12.5. The summed E-state index contributed by atoms with van der Waals surface area (Å²) in [5.74, 6) is 0.731. The molecule has 1 saturated carbocycles. The van der Waals surface area contributed by atoms with Crippen molar-refractivity contribution in [3.63, 3.8) is 0 Å². The number of aromatic nitrogens is 1. The highest BCUT2D eigenvalue weighted by molar-refractivity contribution is 5.51. The number of nitrogens with one attached hydrogen (secondary N) is 1. The van der Waals surface area contributed by atoms with Crippen LogP contribution in [0.4, 0.5) is 5.82 Å². The molecule has 2 fully saturated rings. The Morgan fingerprint density at radius 1 is 1.50 bits per heavy atom. The topological polar surface area (TPSA) is 52.0 Å². The number of pyridine rings is 1. The van der Waals surface area contributed by atoms with Gasteiger partial charge in [0.15, 0.2) is 0 Å². The Balaban J connectivity index is 1.68. The fourth-order valence-electron chi connectivity index (χ4n) is 2.88. The van der Waals surface area contributed by atoms with Crippen LogP contribution < -0.4 is 5.32 Å². The lowest BCUT2D eigenvalue weighted by atomic mass is 10.2. The van der Waals surface area contributed by atoms with Crippen LogP contribution in [0.2, 0.25) is 0 Å². The third kappa shape index (κ3) is 2.19. The second-order valence-corrected chi connectivity index (χ2v) is 5.37. The minimum Gasteiger partial charge on any atom is -0.365 e. The molecule has 1 aromatic heterocycles. The maximum Gasteiger partial charge on any atom is 0.144 e. The van der Waals surface area contributed by atoms with Crippen molar-refractivity contribution in [3.8, 4) is 6.07 Å². The summed E-state index contributed by atoms with van der Waals surface area (Å²) < 4.78 is 0. The van der Waals surface area contributed by atoms with E-state index in [2.05, 4.69) is 28.2 Å². The first-order chi connectivity index (χ1) is 8.78. The normalized spacial score (nSPS) is 28.0. The first kappa shape index (κ1) is 11.5. The number of hydrogen-bond donors (Lipinski definition) is 1. The van der Waals surface area contributed by atoms with Gasteiger partial charge in [-0.25, -0.2) is 4.98 Å². The monoisotopic (exact) mass is 242 g/mol. The van der Waals surface area contributed by atoms with Crippen molar-refractivity contribution in [3.05, 3.63) is 23.9 Å². The summed E-state index contributed by atoms with van der Waals surface area (Å²) in [7, 11) is 0. The van der Waals surface area contributed by atoms with Gasteiger partial charge >= 0.3 is 0 Å². The van der Waals surface area contributed by atoms with E-state index in [4.69, 9.17) is 5.26 Å². The predicted molar refractivity (Wildman–Crippen MR) is 70.2 cm³/mol. The molecule has 1 saturated heterocycles. The Morgan fingerprint density at radius 3 is 3.06 bits per heavy atom. The molecule has 1 aliphatic heterocycles. The molecule has 2 heterocycles. The standard InChI is InChI=1S/C14H18N4/c1-10-7-12(9-18(10)13-4-5-13)17-14-11(8-15)3-2-6-16-14/h2-3,6,10,12-13H,4-5,7,9H2,1H3,(H,16,17). The number of likely N-dealkylation sites (tertiary alicyclic amines) is 1. The highest BCUT2D eigenvalue weighted by Gasteiger charge is 2.38. The molecule has 2 atom stereocenters. The Labute approximate surface area is 108 Å². The first-order valence-corrected chi connectivity index (χ1v) is 6.65. The fraction of sp³-hybridized carbons (Fsp3) is 0.571. The summed E-state index contributed by atoms with van der Waals surface area (Å²) in [4.78, 5) is 6.86. The Morgan fingerprint density at radius 2 is 2.33 bits per heavy atom. The lowest BCUT2D eigenvalue weighted by Gasteiger charge is -2.19. The SMILES string of the molecule is CC1CC(Nc2ncccc2C#N)CN1C1CC1. The van der Waals surface area contributed by atoms with Gasteiger partial charge in [0, 0.05) is 30.9 Å². The van der Waals surface area contributed by atoms with Gasteiger partial charge in [0.25, 0.3) is 0 Å². The molecule has 4 nitrogen and oxygen atoms in total. The fourth-order valence-corrected chi connectivity index (χ4v) is 2.88. The van der Waals surface area contributed by atoms with Gasteiger partial charge in [-0.15, -0.1) is 0 Å². The summed E-state index contributed by atoms with van der Waals surface area (Å²) in [6, 6.07) is 7.68. The smallest absolute Gasteiger partial charge is 0.144 e. The molecule has 2 aliphatic rings. The number of hydrogen-bond acceptors (Lipinski definition) is 4. The lowest BCUT2D eigenvalue weighted by molar-refractivity contribution is 0.257. The van der Waals surface area contributed by atoms with E-state index in [0.29, 0.717) is 17.6 Å². The molecule has 0 radical (unpaired) electrons. The second kappa shape index (κ2) is 4.58. The van der Waals surface area contributed by atoms with Crippen molar-refractivity contribution >= 4 is 5.82 Å². The Bertz CT molecular complexity index is 475. The van der Waals surface area contributed by atoms with Gasteiger partial charge in [0.2, 0.25) is 0 Å². The van der Waals surface area contributed by atoms with Crippen LogP contribution in [0.15, 0.2) is 18.3 Å². The van der Waals surface area contributed by atoms with Crippen LogP contribution in [0.25, 0.3) is 0 Å². The van der Waals surface area contributed by atoms with E-state index in [-0.39, 0.29) is 0 Å². The highest BCUT2D eigenvalue weighted by Crippen LogP contribution is 2.34. The molecule has 0 bridgehead atoms. The largest absolute Gasteiger partial charge is 0.365 e. The van der Waals surface area contributed by atoms with E-state index in [0.717, 1.165) is 24.8 Å². The van der Waals surface area contributed by atoms with Crippen LogP contribution in [0.1, 0.15) is 31.7 Å². The van der Waals surface area contributed by atoms with Crippen LogP contribution in [0, 0.1) is 11.3 Å². The second-order valence-electron chi connectivity index (χ2n) is 5.37. The maximum absolute atomic E-state index is 9.05. The molecule has 1 N–H and O–H groups in total. The minimum absolute atomic E-state index is 0.419. The van der Waals surface area contributed by atoms with Gasteiger partial charge in [-0.3, -0.25) is 4.90 Å². The van der Waals surface area contributed by atoms with Crippen LogP contribution in [-0.2, 0) is 0 Å². The van der Waals surface area contributed by atoms with Crippen molar-refractivity contribution in [2.24, 2.45) is 0 Å². The Kier molecular flexibility index (Phi) is 2.92. The zero-order valence-corrected chi connectivity index (χ0v) is 10.6. The van der Waals surface area contributed by atoms with E-state index in [1.807, 2.05) is 6.07 Å². The van der Waals surface area contributed by atoms with Gasteiger partial charge in [0.05, 0.1) is 5.56 Å². The summed E-state index contributed by atoms with van der Waals surface area (Å²) in [5.41, 5.74) is 0.634. The zero-order valence-electron chi connectivity index (χ0n) is 10.6. The molecule has 2 unspecified atom stereocenters. The minimum atomic E-state index is 0.419. The molecule has 94 valence electrons. The molecular weight excluding hydrogens is 224 g/mol. The van der Waals surface area contributed by atoms with Gasteiger partial charge in [-0.05, 0) is 38.3 Å². The summed E-state index contributed by atoms with van der Waals surface area (Å²) in [6.45, 7) is 3.37. The van der Waals surface area contributed by atoms with Gasteiger partial charge in [-0.1, -0.05) is 0 Å². The Hall–Kier alpha value is -1.60. The molecule has 3 rings (SSSR count). The number of anilines is 1. The average molecular weight is 242 g/mol. The average Bonchev–Trinajstić information content (AvgIpc) is 3.15. The van der Waals surface area contributed by atoms with Crippen molar-refractivity contribution in [2.45, 2.75) is 44.3 Å². The van der Waals surface area contributed by atoms with Gasteiger partial charge in [-0.2, -0.15) is 5.26 Å². The zero-order chi connectivity index (χ0) is 12.5. The van der Waals surface area contributed by atoms with Crippen LogP contribution in [0.5, 0.6) is 0 Å². The number of nitrogens with zero attached hydrogens (tertiary/aromatic N) is 3. The van der Waals surface area contributed by atoms with E-state index in [1.54, 1.807) is 12.3 Å². The molecule has 1 aliphatic carbocycles. The third-order valence-corrected chi connectivity index (χ3v) is 3.91. The van der Waals surface area contributed by atoms with E-state index >= 15 is 0 Å². The van der Waals surface area contributed by atoms with Crippen molar-refractivity contribution in [1.82, 2.24) is 9.88 Å². The number of rotatable bonds is 3. The molecule has 4 heteroatoms. The van der Waals surface area contributed by atoms with Crippen LogP contribution in [0.3, 0.4) is 0 Å². The molecule has 18 heavy (non-hydrogen) atoms. The number of nitriles is 1. The molecule has 0 amide bonds. The first-order valence-electron chi connectivity index (χ1n) is 6.65. The predicted octanol–water partition coefficient (Wildman–Crippen LogP) is 1.99. The van der Waals surface area contributed by atoms with E-state index in [1.165, 1.54) is 12.8 Å². The van der Waals surface area contributed by atoms with Crippen molar-refractivity contribution < 1.29 is 0 Å². The summed E-state index contributed by atoms with van der Waals surface area (Å²) >= 11 is 0. The van der Waals surface area contributed by atoms with E-state index in [9.17, 15) is 0 Å². The maximum atomic E-state index is 9.05. The van der Waals surface area contributed by atoms with Gasteiger partial charge in [0.1, 0.15) is 11.9 Å². The van der Waals surface area contributed by atoms with Crippen LogP contribution >= 0.6 is 0 Å². The van der Waals surface area contributed by atoms with Crippen molar-refractivity contribution in [1.29, 1.82) is 5.26 Å². The van der Waals surface area contributed by atoms with E-state index < -0.39 is 0 Å². The quantitative estimate of drug-likeness (QED) is 0.880. The van der Waals surface area contributed by atoms with Crippen LogP contribution in [-0.4, -0.2) is 34.6 Å². The molecule has 0 aromatic carbocycles. The highest BCUT2D eigenvalue weighted by atomic mass is 15.3. The van der Waals surface area contributed by atoms with Gasteiger partial charge < -0.3 is 5.32 Å². The molecule has 1 aromatic rings. The third-order valence-electron chi connectivity index (χ3n) is 3.91. The van der Waals surface area contributed by atoms with Crippen molar-refractivity contribution in [2.75, 3.05) is 11.9 Å². The lowest BCUT2D eigenvalue weighted by Crippen LogP contribution is -2.31. The molecule has 0 spiro atoms. The summed E-state index contributed by atoms with van der Waals surface area (Å²) in [6.07, 6.45) is 5.58.